The van der Waals surface area contributed by atoms with Crippen molar-refractivity contribution in [2.45, 2.75) is 25.7 Å². The fourth-order valence-electron chi connectivity index (χ4n) is 2.41. The van der Waals surface area contributed by atoms with Gasteiger partial charge in [0.2, 0.25) is 0 Å². The van der Waals surface area contributed by atoms with Gasteiger partial charge in [-0.05, 0) is 48.8 Å². The Balaban J connectivity index is 1.72. The van der Waals surface area contributed by atoms with E-state index in [1.165, 1.54) is 4.88 Å². The van der Waals surface area contributed by atoms with Crippen molar-refractivity contribution in [2.75, 3.05) is 19.8 Å². The van der Waals surface area contributed by atoms with Crippen molar-refractivity contribution in [3.8, 4) is 5.75 Å². The fraction of sp³-hybridized carbons (Fsp3) is 0.389. The van der Waals surface area contributed by atoms with Crippen molar-refractivity contribution in [1.29, 1.82) is 0 Å². The number of ether oxygens (including phenoxy) is 1. The van der Waals surface area contributed by atoms with Crippen LogP contribution >= 0.6 is 11.3 Å². The fourth-order valence-corrected chi connectivity index (χ4v) is 3.31. The van der Waals surface area contributed by atoms with E-state index in [0.717, 1.165) is 24.2 Å². The molecule has 0 aliphatic carbocycles. The minimum absolute atomic E-state index is 0.0223. The van der Waals surface area contributed by atoms with E-state index in [2.05, 4.69) is 11.4 Å². The normalized spacial score (nSPS) is 11.9. The number of nitrogens with one attached hydrogen (secondary N) is 1. The number of carbonyl (C=O) groups is 1. The van der Waals surface area contributed by atoms with Crippen LogP contribution < -0.4 is 10.1 Å². The van der Waals surface area contributed by atoms with E-state index in [1.54, 1.807) is 11.3 Å². The first-order valence-electron chi connectivity index (χ1n) is 7.80. The number of hydrogen-bond acceptors (Lipinski definition) is 4. The zero-order valence-electron chi connectivity index (χ0n) is 13.3. The van der Waals surface area contributed by atoms with Crippen LogP contribution in [0.4, 0.5) is 0 Å². The summed E-state index contributed by atoms with van der Waals surface area (Å²) in [5.74, 6) is 0.902. The molecule has 0 fully saturated rings. The lowest BCUT2D eigenvalue weighted by molar-refractivity contribution is -0.123. The smallest absolute Gasteiger partial charge is 0.257 e. The molecule has 124 valence electrons. The number of para-hydroxylation sites is 1. The van der Waals surface area contributed by atoms with Gasteiger partial charge in [-0.25, -0.2) is 0 Å². The third kappa shape index (κ3) is 5.69. The molecule has 5 heteroatoms. The zero-order chi connectivity index (χ0) is 16.5. The summed E-state index contributed by atoms with van der Waals surface area (Å²) in [6.07, 6.45) is 1.53. The number of carbonyl (C=O) groups excluding carboxylic acids is 1. The molecule has 23 heavy (non-hydrogen) atoms. The molecule has 0 saturated carbocycles. The van der Waals surface area contributed by atoms with Gasteiger partial charge in [0.25, 0.3) is 5.91 Å². The summed E-state index contributed by atoms with van der Waals surface area (Å²) in [6.45, 7) is 2.72. The maximum absolute atomic E-state index is 11.9. The Labute approximate surface area is 141 Å². The Morgan fingerprint density at radius 2 is 2.09 bits per heavy atom. The lowest BCUT2D eigenvalue weighted by Crippen LogP contribution is -2.30. The maximum Gasteiger partial charge on any atom is 0.257 e. The predicted molar refractivity (Wildman–Crippen MR) is 93.1 cm³/mol. The molecule has 0 radical (unpaired) electrons. The Kier molecular flexibility index (Phi) is 7.10. The second-order valence-corrected chi connectivity index (χ2v) is 6.40. The second kappa shape index (κ2) is 9.33. The standard InChI is InChI=1S/C18H23NO3S/c1-14-5-2-3-6-16(14)22-13-18(21)19-10-8-15(9-11-20)17-7-4-12-23-17/h2-7,12,15,20H,8-11,13H2,1H3,(H,19,21)/t15-/m0/s1. The number of amides is 1. The van der Waals surface area contributed by atoms with Crippen molar-refractivity contribution in [3.63, 3.8) is 0 Å². The lowest BCUT2D eigenvalue weighted by atomic mass is 10.00. The van der Waals surface area contributed by atoms with E-state index in [9.17, 15) is 9.90 Å². The zero-order valence-corrected chi connectivity index (χ0v) is 14.1. The van der Waals surface area contributed by atoms with Gasteiger partial charge in [-0.15, -0.1) is 11.3 Å². The summed E-state index contributed by atoms with van der Waals surface area (Å²) in [6, 6.07) is 11.7. The molecule has 1 aromatic carbocycles. The van der Waals surface area contributed by atoms with Crippen LogP contribution in [0.3, 0.4) is 0 Å². The van der Waals surface area contributed by atoms with Gasteiger partial charge in [0.1, 0.15) is 5.75 Å². The average molecular weight is 333 g/mol. The van der Waals surface area contributed by atoms with Gasteiger partial charge in [-0.3, -0.25) is 4.79 Å². The van der Waals surface area contributed by atoms with Crippen LogP contribution in [0, 0.1) is 6.92 Å². The van der Waals surface area contributed by atoms with E-state index >= 15 is 0 Å². The lowest BCUT2D eigenvalue weighted by Gasteiger charge is -2.15. The molecule has 0 aliphatic heterocycles. The van der Waals surface area contributed by atoms with Crippen LogP contribution in [0.15, 0.2) is 41.8 Å². The van der Waals surface area contributed by atoms with Crippen molar-refractivity contribution in [3.05, 3.63) is 52.2 Å². The summed E-state index contributed by atoms with van der Waals surface area (Å²) < 4.78 is 5.53. The first-order chi connectivity index (χ1) is 11.2. The van der Waals surface area contributed by atoms with E-state index in [0.29, 0.717) is 6.54 Å². The van der Waals surface area contributed by atoms with Crippen LogP contribution in [0.1, 0.15) is 29.2 Å². The second-order valence-electron chi connectivity index (χ2n) is 5.42. The molecule has 1 aromatic heterocycles. The van der Waals surface area contributed by atoms with Crippen molar-refractivity contribution in [1.82, 2.24) is 5.32 Å². The largest absolute Gasteiger partial charge is 0.484 e. The highest BCUT2D eigenvalue weighted by Crippen LogP contribution is 2.26. The van der Waals surface area contributed by atoms with Gasteiger partial charge in [0.15, 0.2) is 6.61 Å². The molecule has 2 N–H and O–H groups in total. The molecule has 0 aliphatic rings. The van der Waals surface area contributed by atoms with Crippen LogP contribution in [0.5, 0.6) is 5.75 Å². The van der Waals surface area contributed by atoms with Gasteiger partial charge in [-0.1, -0.05) is 24.3 Å². The van der Waals surface area contributed by atoms with Crippen molar-refractivity contribution < 1.29 is 14.6 Å². The molecule has 0 saturated heterocycles. The van der Waals surface area contributed by atoms with E-state index < -0.39 is 0 Å². The molecule has 1 atom stereocenters. The topological polar surface area (TPSA) is 58.6 Å². The molecule has 1 heterocycles. The summed E-state index contributed by atoms with van der Waals surface area (Å²) in [5.41, 5.74) is 1.01. The van der Waals surface area contributed by atoms with Crippen LogP contribution in [-0.4, -0.2) is 30.8 Å². The number of benzene rings is 1. The summed E-state index contributed by atoms with van der Waals surface area (Å²) in [7, 11) is 0. The average Bonchev–Trinajstić information content (AvgIpc) is 3.07. The maximum atomic E-state index is 11.9. The molecule has 2 rings (SSSR count). The van der Waals surface area contributed by atoms with Crippen LogP contribution in [0.25, 0.3) is 0 Å². The van der Waals surface area contributed by atoms with Gasteiger partial charge >= 0.3 is 0 Å². The predicted octanol–water partition coefficient (Wildman–Crippen LogP) is 3.11. The highest BCUT2D eigenvalue weighted by Gasteiger charge is 2.13. The summed E-state index contributed by atoms with van der Waals surface area (Å²) >= 11 is 1.69. The number of thiophene rings is 1. The van der Waals surface area contributed by atoms with E-state index in [1.807, 2.05) is 42.6 Å². The molecule has 0 spiro atoms. The van der Waals surface area contributed by atoms with Crippen LogP contribution in [-0.2, 0) is 4.79 Å². The summed E-state index contributed by atoms with van der Waals surface area (Å²) in [4.78, 5) is 13.1. The van der Waals surface area contributed by atoms with Gasteiger partial charge in [0.05, 0.1) is 0 Å². The molecule has 2 aromatic rings. The Morgan fingerprint density at radius 3 is 2.78 bits per heavy atom. The number of hydrogen-bond donors (Lipinski definition) is 2. The highest BCUT2D eigenvalue weighted by atomic mass is 32.1. The van der Waals surface area contributed by atoms with Gasteiger partial charge in [0, 0.05) is 18.0 Å². The molecular formula is C18H23NO3S. The van der Waals surface area contributed by atoms with Gasteiger partial charge in [-0.2, -0.15) is 0 Å². The van der Waals surface area contributed by atoms with E-state index in [-0.39, 0.29) is 25.0 Å². The first kappa shape index (κ1) is 17.5. The molecule has 0 bridgehead atoms. The molecule has 0 unspecified atom stereocenters. The first-order valence-corrected chi connectivity index (χ1v) is 8.68. The number of aliphatic hydroxyl groups is 1. The Morgan fingerprint density at radius 1 is 1.26 bits per heavy atom. The SMILES string of the molecule is Cc1ccccc1OCC(=O)NCC[C@@H](CCO)c1cccs1. The quantitative estimate of drug-likeness (QED) is 0.741. The number of rotatable bonds is 9. The molecular weight excluding hydrogens is 310 g/mol. The Bertz CT molecular complexity index is 598. The monoisotopic (exact) mass is 333 g/mol. The van der Waals surface area contributed by atoms with E-state index in [4.69, 9.17) is 4.74 Å². The minimum Gasteiger partial charge on any atom is -0.484 e. The molecule has 4 nitrogen and oxygen atoms in total. The van der Waals surface area contributed by atoms with Crippen LogP contribution in [0.2, 0.25) is 0 Å². The third-order valence-electron chi connectivity index (χ3n) is 3.69. The Hall–Kier alpha value is -1.85. The molecule has 1 amide bonds. The number of aryl methyl sites for hydroxylation is 1. The third-order valence-corrected chi connectivity index (χ3v) is 4.73. The highest BCUT2D eigenvalue weighted by molar-refractivity contribution is 7.10. The minimum atomic E-state index is -0.123. The van der Waals surface area contributed by atoms with Crippen molar-refractivity contribution >= 4 is 17.2 Å². The van der Waals surface area contributed by atoms with Crippen molar-refractivity contribution in [2.24, 2.45) is 0 Å². The van der Waals surface area contributed by atoms with Gasteiger partial charge < -0.3 is 15.2 Å². The summed E-state index contributed by atoms with van der Waals surface area (Å²) in [5, 5.41) is 14.1. The number of aliphatic hydroxyl groups excluding tert-OH is 1.